The summed E-state index contributed by atoms with van der Waals surface area (Å²) in [5, 5.41) is 14.9. The van der Waals surface area contributed by atoms with E-state index in [0.29, 0.717) is 17.3 Å². The Balaban J connectivity index is 1.89. The predicted octanol–water partition coefficient (Wildman–Crippen LogP) is 1.64. The van der Waals surface area contributed by atoms with E-state index >= 15 is 0 Å². The van der Waals surface area contributed by atoms with Crippen molar-refractivity contribution in [2.75, 3.05) is 0 Å². The Morgan fingerprint density at radius 3 is 2.65 bits per heavy atom. The third kappa shape index (κ3) is 4.29. The zero-order valence-corrected chi connectivity index (χ0v) is 15.0. The normalized spacial score (nSPS) is 12.0. The highest BCUT2D eigenvalue weighted by molar-refractivity contribution is 7.80. The Morgan fingerprint density at radius 1 is 1.43 bits per heavy atom. The molecule has 0 aliphatic heterocycles. The fourth-order valence-electron chi connectivity index (χ4n) is 2.04. The first-order chi connectivity index (χ1) is 10.8. The van der Waals surface area contributed by atoms with Gasteiger partial charge in [-0.25, -0.2) is 0 Å². The highest BCUT2D eigenvalue weighted by atomic mass is 35.5. The molecule has 0 radical (unpaired) electrons. The van der Waals surface area contributed by atoms with Crippen molar-refractivity contribution in [1.82, 2.24) is 30.2 Å². The second-order valence-corrected chi connectivity index (χ2v) is 6.11. The SMILES string of the molecule is Cc1cc(CNC(=S)NC(=O)[C@H](C)n2cc(Cl)c(C)n2)n(C)n1. The van der Waals surface area contributed by atoms with Crippen LogP contribution in [0.4, 0.5) is 0 Å². The molecule has 0 bridgehead atoms. The number of carbonyl (C=O) groups excluding carboxylic acids is 1. The molecule has 2 aromatic rings. The van der Waals surface area contributed by atoms with E-state index in [4.69, 9.17) is 23.8 Å². The molecule has 1 atom stereocenters. The summed E-state index contributed by atoms with van der Waals surface area (Å²) in [6.45, 7) is 5.91. The average Bonchev–Trinajstić information content (AvgIpc) is 2.98. The minimum atomic E-state index is -0.514. The van der Waals surface area contributed by atoms with E-state index in [0.717, 1.165) is 11.4 Å². The Hall–Kier alpha value is -1.93. The van der Waals surface area contributed by atoms with Crippen LogP contribution >= 0.6 is 23.8 Å². The van der Waals surface area contributed by atoms with Crippen LogP contribution in [0.5, 0.6) is 0 Å². The first-order valence-electron chi connectivity index (χ1n) is 7.07. The zero-order chi connectivity index (χ0) is 17.1. The Labute approximate surface area is 145 Å². The molecule has 23 heavy (non-hydrogen) atoms. The van der Waals surface area contributed by atoms with Gasteiger partial charge in [-0.1, -0.05) is 11.6 Å². The number of thiocarbonyl (C=S) groups is 1. The summed E-state index contributed by atoms with van der Waals surface area (Å²) >= 11 is 11.1. The number of hydrogen-bond donors (Lipinski definition) is 2. The van der Waals surface area contributed by atoms with Gasteiger partial charge in [0.1, 0.15) is 6.04 Å². The van der Waals surface area contributed by atoms with E-state index in [1.54, 1.807) is 24.7 Å². The van der Waals surface area contributed by atoms with Crippen LogP contribution in [0.15, 0.2) is 12.3 Å². The molecule has 2 rings (SSSR count). The van der Waals surface area contributed by atoms with Crippen LogP contribution in [0.2, 0.25) is 5.02 Å². The lowest BCUT2D eigenvalue weighted by molar-refractivity contribution is -0.122. The predicted molar refractivity (Wildman–Crippen MR) is 92.2 cm³/mol. The Bertz CT molecular complexity index is 718. The number of hydrogen-bond acceptors (Lipinski definition) is 4. The minimum absolute atomic E-state index is 0.260. The molecule has 0 aromatic carbocycles. The molecule has 0 saturated carbocycles. The molecule has 124 valence electrons. The van der Waals surface area contributed by atoms with Gasteiger partial charge in [0.05, 0.1) is 28.6 Å². The maximum Gasteiger partial charge on any atom is 0.250 e. The van der Waals surface area contributed by atoms with E-state index < -0.39 is 6.04 Å². The van der Waals surface area contributed by atoms with Crippen molar-refractivity contribution >= 4 is 34.8 Å². The quantitative estimate of drug-likeness (QED) is 0.816. The number of amides is 1. The number of carbonyl (C=O) groups is 1. The first-order valence-corrected chi connectivity index (χ1v) is 7.86. The van der Waals surface area contributed by atoms with Crippen LogP contribution in [0.1, 0.15) is 30.0 Å². The van der Waals surface area contributed by atoms with E-state index in [1.165, 1.54) is 4.68 Å². The summed E-state index contributed by atoms with van der Waals surface area (Å²) in [6, 6.07) is 1.44. The lowest BCUT2D eigenvalue weighted by Gasteiger charge is -2.14. The van der Waals surface area contributed by atoms with Gasteiger partial charge in [0.15, 0.2) is 5.11 Å². The second-order valence-electron chi connectivity index (χ2n) is 5.29. The fourth-order valence-corrected chi connectivity index (χ4v) is 2.35. The summed E-state index contributed by atoms with van der Waals surface area (Å²) in [5.41, 5.74) is 2.58. The third-order valence-corrected chi connectivity index (χ3v) is 4.02. The third-order valence-electron chi connectivity index (χ3n) is 3.40. The van der Waals surface area contributed by atoms with Gasteiger partial charge in [0, 0.05) is 13.2 Å². The van der Waals surface area contributed by atoms with Gasteiger partial charge in [-0.15, -0.1) is 0 Å². The number of aromatic nitrogens is 4. The average molecular weight is 355 g/mol. The van der Waals surface area contributed by atoms with E-state index in [-0.39, 0.29) is 11.0 Å². The zero-order valence-electron chi connectivity index (χ0n) is 13.4. The van der Waals surface area contributed by atoms with Crippen LogP contribution in [-0.4, -0.2) is 30.6 Å². The number of nitrogens with zero attached hydrogens (tertiary/aromatic N) is 4. The summed E-state index contributed by atoms with van der Waals surface area (Å²) in [4.78, 5) is 12.2. The molecule has 2 aromatic heterocycles. The minimum Gasteiger partial charge on any atom is -0.357 e. The highest BCUT2D eigenvalue weighted by Gasteiger charge is 2.18. The summed E-state index contributed by atoms with van der Waals surface area (Å²) in [7, 11) is 1.86. The molecule has 2 heterocycles. The lowest BCUT2D eigenvalue weighted by Crippen LogP contribution is -2.42. The van der Waals surface area contributed by atoms with Crippen molar-refractivity contribution in [3.63, 3.8) is 0 Å². The van der Waals surface area contributed by atoms with Gasteiger partial charge in [-0.2, -0.15) is 10.2 Å². The van der Waals surface area contributed by atoms with Crippen molar-refractivity contribution in [3.05, 3.63) is 34.4 Å². The molecule has 0 aliphatic carbocycles. The molecule has 0 unspecified atom stereocenters. The Kier molecular flexibility index (Phi) is 5.38. The van der Waals surface area contributed by atoms with E-state index in [9.17, 15) is 4.79 Å². The maximum absolute atomic E-state index is 12.2. The van der Waals surface area contributed by atoms with Crippen molar-refractivity contribution in [2.24, 2.45) is 7.05 Å². The highest BCUT2D eigenvalue weighted by Crippen LogP contribution is 2.15. The molecular weight excluding hydrogens is 336 g/mol. The number of aryl methyl sites for hydroxylation is 3. The first kappa shape index (κ1) is 17.4. The maximum atomic E-state index is 12.2. The van der Waals surface area contributed by atoms with Gasteiger partial charge in [0.25, 0.3) is 5.91 Å². The van der Waals surface area contributed by atoms with Crippen molar-refractivity contribution in [2.45, 2.75) is 33.4 Å². The number of rotatable bonds is 4. The Morgan fingerprint density at radius 2 is 2.13 bits per heavy atom. The largest absolute Gasteiger partial charge is 0.357 e. The van der Waals surface area contributed by atoms with Gasteiger partial charge in [-0.05, 0) is 39.1 Å². The molecule has 7 nitrogen and oxygen atoms in total. The molecule has 0 fully saturated rings. The fraction of sp³-hybridized carbons (Fsp3) is 0.429. The smallest absolute Gasteiger partial charge is 0.250 e. The molecule has 0 spiro atoms. The molecule has 1 amide bonds. The number of halogens is 1. The monoisotopic (exact) mass is 354 g/mol. The van der Waals surface area contributed by atoms with Crippen LogP contribution < -0.4 is 10.6 Å². The van der Waals surface area contributed by atoms with Crippen molar-refractivity contribution in [3.8, 4) is 0 Å². The van der Waals surface area contributed by atoms with Crippen LogP contribution in [0.3, 0.4) is 0 Å². The van der Waals surface area contributed by atoms with Gasteiger partial charge >= 0.3 is 0 Å². The van der Waals surface area contributed by atoms with Gasteiger partial charge in [-0.3, -0.25) is 14.2 Å². The van der Waals surface area contributed by atoms with Crippen molar-refractivity contribution < 1.29 is 4.79 Å². The summed E-state index contributed by atoms with van der Waals surface area (Å²) < 4.78 is 3.28. The topological polar surface area (TPSA) is 76.8 Å². The number of nitrogens with one attached hydrogen (secondary N) is 2. The van der Waals surface area contributed by atoms with Gasteiger partial charge < -0.3 is 10.6 Å². The summed E-state index contributed by atoms with van der Waals surface area (Å²) in [5.74, 6) is -0.261. The molecule has 0 aliphatic rings. The molecule has 2 N–H and O–H groups in total. The molecular formula is C14H19ClN6OS. The molecule has 0 saturated heterocycles. The standard InChI is InChI=1S/C14H19ClN6OS/c1-8-5-11(20(4)18-8)6-16-14(23)17-13(22)10(3)21-7-12(15)9(2)19-21/h5,7,10H,6H2,1-4H3,(H2,16,17,22,23)/t10-/m0/s1. The van der Waals surface area contributed by atoms with Crippen LogP contribution in [-0.2, 0) is 18.4 Å². The summed E-state index contributed by atoms with van der Waals surface area (Å²) in [6.07, 6.45) is 1.62. The van der Waals surface area contributed by atoms with Crippen LogP contribution in [0, 0.1) is 13.8 Å². The second kappa shape index (κ2) is 7.10. The molecule has 9 heteroatoms. The van der Waals surface area contributed by atoms with E-state index in [2.05, 4.69) is 20.8 Å². The lowest BCUT2D eigenvalue weighted by atomic mass is 10.3. The van der Waals surface area contributed by atoms with Crippen molar-refractivity contribution in [1.29, 1.82) is 0 Å². The van der Waals surface area contributed by atoms with E-state index in [1.807, 2.05) is 20.0 Å². The van der Waals surface area contributed by atoms with Gasteiger partial charge in [0.2, 0.25) is 0 Å². The van der Waals surface area contributed by atoms with Crippen LogP contribution in [0.25, 0.3) is 0 Å².